The Morgan fingerprint density at radius 2 is 1.68 bits per heavy atom. The molecule has 1 aromatic carbocycles. The lowest BCUT2D eigenvalue weighted by Gasteiger charge is -2.19. The molecule has 1 aromatic rings. The first-order valence-corrected chi connectivity index (χ1v) is 6.41. The average Bonchev–Trinajstić information content (AvgIpc) is 2.37. The van der Waals surface area contributed by atoms with Crippen LogP contribution in [0.25, 0.3) is 0 Å². The Kier molecular flexibility index (Phi) is 5.10. The van der Waals surface area contributed by atoms with Gasteiger partial charge in [-0.15, -0.1) is 0 Å². The third kappa shape index (κ3) is 4.09. The van der Waals surface area contributed by atoms with Gasteiger partial charge in [0, 0.05) is 19.2 Å². The van der Waals surface area contributed by atoms with Gasteiger partial charge in [0.25, 0.3) is 5.91 Å². The van der Waals surface area contributed by atoms with Crippen molar-refractivity contribution < 1.29 is 14.7 Å². The molecule has 0 bridgehead atoms. The quantitative estimate of drug-likeness (QED) is 0.888. The normalized spacial score (nSPS) is 12.3. The van der Waals surface area contributed by atoms with Crippen LogP contribution < -0.4 is 0 Å². The molecule has 1 rings (SSSR count). The average molecular weight is 263 g/mol. The molecule has 0 radical (unpaired) electrons. The van der Waals surface area contributed by atoms with Gasteiger partial charge in [-0.2, -0.15) is 0 Å². The molecule has 0 aromatic heterocycles. The summed E-state index contributed by atoms with van der Waals surface area (Å²) in [6.45, 7) is 5.99. The van der Waals surface area contributed by atoms with E-state index in [1.807, 2.05) is 12.1 Å². The van der Waals surface area contributed by atoms with E-state index >= 15 is 0 Å². The van der Waals surface area contributed by atoms with Gasteiger partial charge in [0.2, 0.25) is 0 Å². The molecular formula is C15H21NO3. The molecule has 0 saturated carbocycles. The Labute approximate surface area is 114 Å². The monoisotopic (exact) mass is 263 g/mol. The van der Waals surface area contributed by atoms with Crippen molar-refractivity contribution >= 4 is 11.9 Å². The van der Waals surface area contributed by atoms with Crippen molar-refractivity contribution in [3.63, 3.8) is 0 Å². The van der Waals surface area contributed by atoms with Crippen LogP contribution in [-0.4, -0.2) is 35.5 Å². The summed E-state index contributed by atoms with van der Waals surface area (Å²) < 4.78 is 0. The number of nitrogens with zero attached hydrogens (tertiary/aromatic N) is 1. The predicted molar refractivity (Wildman–Crippen MR) is 74.3 cm³/mol. The lowest BCUT2D eigenvalue weighted by Crippen LogP contribution is -2.33. The number of aliphatic carboxylic acids is 1. The van der Waals surface area contributed by atoms with Gasteiger partial charge in [0.15, 0.2) is 0 Å². The SMILES string of the molecule is CC(CN(C)C(=O)c1ccc(C(C)C)cc1)C(=O)O. The highest BCUT2D eigenvalue weighted by Gasteiger charge is 2.18. The van der Waals surface area contributed by atoms with Crippen LogP contribution in [-0.2, 0) is 4.79 Å². The van der Waals surface area contributed by atoms with Crippen LogP contribution in [0.3, 0.4) is 0 Å². The van der Waals surface area contributed by atoms with Crippen LogP contribution >= 0.6 is 0 Å². The molecule has 0 heterocycles. The number of benzene rings is 1. The predicted octanol–water partition coefficient (Wildman–Crippen LogP) is 2.60. The van der Waals surface area contributed by atoms with Gasteiger partial charge in [-0.3, -0.25) is 9.59 Å². The van der Waals surface area contributed by atoms with Crippen LogP contribution in [0.5, 0.6) is 0 Å². The molecular weight excluding hydrogens is 242 g/mol. The summed E-state index contributed by atoms with van der Waals surface area (Å²) in [6, 6.07) is 7.46. The highest BCUT2D eigenvalue weighted by molar-refractivity contribution is 5.94. The second kappa shape index (κ2) is 6.36. The molecule has 0 saturated heterocycles. The molecule has 0 spiro atoms. The van der Waals surface area contributed by atoms with Crippen molar-refractivity contribution in [2.75, 3.05) is 13.6 Å². The summed E-state index contributed by atoms with van der Waals surface area (Å²) >= 11 is 0. The fraction of sp³-hybridized carbons (Fsp3) is 0.467. The maximum atomic E-state index is 12.1. The fourth-order valence-corrected chi connectivity index (χ4v) is 1.80. The summed E-state index contributed by atoms with van der Waals surface area (Å²) in [6.07, 6.45) is 0. The molecule has 0 aliphatic carbocycles. The largest absolute Gasteiger partial charge is 0.481 e. The van der Waals surface area contributed by atoms with Crippen molar-refractivity contribution in [2.24, 2.45) is 5.92 Å². The Balaban J connectivity index is 2.74. The third-order valence-corrected chi connectivity index (χ3v) is 3.14. The number of carboxylic acid groups (broad SMARTS) is 1. The van der Waals surface area contributed by atoms with Crippen LogP contribution in [0, 0.1) is 5.92 Å². The standard InChI is InChI=1S/C15H21NO3/c1-10(2)12-5-7-13(8-6-12)14(17)16(4)9-11(3)15(18)19/h5-8,10-11H,9H2,1-4H3,(H,18,19). The molecule has 0 aliphatic heterocycles. The van der Waals surface area contributed by atoms with E-state index in [9.17, 15) is 9.59 Å². The van der Waals surface area contributed by atoms with Gasteiger partial charge < -0.3 is 10.0 Å². The number of amides is 1. The van der Waals surface area contributed by atoms with Gasteiger partial charge in [-0.05, 0) is 23.6 Å². The summed E-state index contributed by atoms with van der Waals surface area (Å²) in [4.78, 5) is 24.3. The topological polar surface area (TPSA) is 57.6 Å². The highest BCUT2D eigenvalue weighted by Crippen LogP contribution is 2.15. The summed E-state index contributed by atoms with van der Waals surface area (Å²) in [5.74, 6) is -1.18. The molecule has 104 valence electrons. The minimum Gasteiger partial charge on any atom is -0.481 e. The summed E-state index contributed by atoms with van der Waals surface area (Å²) in [7, 11) is 1.62. The lowest BCUT2D eigenvalue weighted by atomic mass is 10.0. The number of carbonyl (C=O) groups is 2. The van der Waals surface area contributed by atoms with Crippen LogP contribution in [0.15, 0.2) is 24.3 Å². The van der Waals surface area contributed by atoms with Gasteiger partial charge in [0.05, 0.1) is 5.92 Å². The van der Waals surface area contributed by atoms with E-state index in [0.717, 1.165) is 0 Å². The molecule has 19 heavy (non-hydrogen) atoms. The first-order chi connectivity index (χ1) is 8.82. The van der Waals surface area contributed by atoms with E-state index < -0.39 is 11.9 Å². The van der Waals surface area contributed by atoms with Gasteiger partial charge in [-0.25, -0.2) is 0 Å². The van der Waals surface area contributed by atoms with Crippen LogP contribution in [0.1, 0.15) is 42.6 Å². The lowest BCUT2D eigenvalue weighted by molar-refractivity contribution is -0.141. The Bertz CT molecular complexity index is 451. The van der Waals surface area contributed by atoms with Crippen LogP contribution in [0.4, 0.5) is 0 Å². The van der Waals surface area contributed by atoms with E-state index in [-0.39, 0.29) is 12.5 Å². The second-order valence-corrected chi connectivity index (χ2v) is 5.20. The number of carbonyl (C=O) groups excluding carboxylic acids is 1. The van der Waals surface area contributed by atoms with Gasteiger partial charge in [0.1, 0.15) is 0 Å². The first kappa shape index (κ1) is 15.2. The fourth-order valence-electron chi connectivity index (χ4n) is 1.80. The van der Waals surface area contributed by atoms with Crippen molar-refractivity contribution in [1.29, 1.82) is 0 Å². The maximum absolute atomic E-state index is 12.1. The van der Waals surface area contributed by atoms with Gasteiger partial charge >= 0.3 is 5.97 Å². The molecule has 1 N–H and O–H groups in total. The number of hydrogen-bond donors (Lipinski definition) is 1. The van der Waals surface area contributed by atoms with Crippen molar-refractivity contribution in [3.05, 3.63) is 35.4 Å². The molecule has 4 nitrogen and oxygen atoms in total. The Morgan fingerprint density at radius 1 is 1.16 bits per heavy atom. The van der Waals surface area contributed by atoms with Gasteiger partial charge in [-0.1, -0.05) is 32.9 Å². The smallest absolute Gasteiger partial charge is 0.308 e. The second-order valence-electron chi connectivity index (χ2n) is 5.20. The molecule has 0 aliphatic rings. The molecule has 0 fully saturated rings. The molecule has 4 heteroatoms. The van der Waals surface area contributed by atoms with E-state index in [4.69, 9.17) is 5.11 Å². The number of hydrogen-bond acceptors (Lipinski definition) is 2. The highest BCUT2D eigenvalue weighted by atomic mass is 16.4. The zero-order valence-electron chi connectivity index (χ0n) is 11.9. The van der Waals surface area contributed by atoms with E-state index in [1.165, 1.54) is 10.5 Å². The molecule has 1 unspecified atom stereocenters. The van der Waals surface area contributed by atoms with E-state index in [0.29, 0.717) is 11.5 Å². The first-order valence-electron chi connectivity index (χ1n) is 6.41. The van der Waals surface area contributed by atoms with E-state index in [1.54, 1.807) is 26.1 Å². The summed E-state index contributed by atoms with van der Waals surface area (Å²) in [5.41, 5.74) is 1.77. The van der Waals surface area contributed by atoms with Crippen molar-refractivity contribution in [1.82, 2.24) is 4.90 Å². The molecule has 1 amide bonds. The van der Waals surface area contributed by atoms with Crippen molar-refractivity contribution in [3.8, 4) is 0 Å². The zero-order valence-corrected chi connectivity index (χ0v) is 11.9. The number of carboxylic acids is 1. The Hall–Kier alpha value is -1.84. The molecule has 1 atom stereocenters. The minimum atomic E-state index is -0.894. The van der Waals surface area contributed by atoms with Crippen LogP contribution in [0.2, 0.25) is 0 Å². The maximum Gasteiger partial charge on any atom is 0.308 e. The number of rotatable bonds is 5. The minimum absolute atomic E-state index is 0.150. The summed E-state index contributed by atoms with van der Waals surface area (Å²) in [5, 5.41) is 8.84. The zero-order chi connectivity index (χ0) is 14.6. The van der Waals surface area contributed by atoms with Crippen molar-refractivity contribution in [2.45, 2.75) is 26.7 Å². The van der Waals surface area contributed by atoms with E-state index in [2.05, 4.69) is 13.8 Å². The Morgan fingerprint density at radius 3 is 2.11 bits per heavy atom. The third-order valence-electron chi connectivity index (χ3n) is 3.14.